The Morgan fingerprint density at radius 3 is 2.80 bits per heavy atom. The van der Waals surface area contributed by atoms with Crippen molar-refractivity contribution >= 4 is 57.5 Å². The number of nitrogens with zero attached hydrogens (tertiary/aromatic N) is 6. The molecule has 0 aliphatic rings. The van der Waals surface area contributed by atoms with Crippen LogP contribution in [-0.2, 0) is 4.79 Å². The largest absolute Gasteiger partial charge is 0.300 e. The van der Waals surface area contributed by atoms with Crippen molar-refractivity contribution in [2.45, 2.75) is 16.4 Å². The predicted molar refractivity (Wildman–Crippen MR) is 99.8 cm³/mol. The minimum Gasteiger partial charge on any atom is -0.300 e. The van der Waals surface area contributed by atoms with E-state index in [-0.39, 0.29) is 11.7 Å². The zero-order valence-corrected chi connectivity index (χ0v) is 16.1. The molecule has 1 amide bonds. The van der Waals surface area contributed by atoms with Crippen molar-refractivity contribution < 1.29 is 4.79 Å². The number of amides is 1. The molecular weight excluding hydrogens is 402 g/mol. The van der Waals surface area contributed by atoms with E-state index in [4.69, 9.17) is 11.6 Å². The molecule has 130 valence electrons. The van der Waals surface area contributed by atoms with Crippen LogP contribution in [0, 0.1) is 0 Å². The zero-order valence-electron chi connectivity index (χ0n) is 12.9. The highest BCUT2D eigenvalue weighted by Gasteiger charge is 2.13. The van der Waals surface area contributed by atoms with Crippen molar-refractivity contribution in [1.82, 2.24) is 30.4 Å². The number of hydrogen-bond acceptors (Lipinski definition) is 9. The lowest BCUT2D eigenvalue weighted by Crippen LogP contribution is -2.14. The third-order valence-corrected chi connectivity index (χ3v) is 5.79. The van der Waals surface area contributed by atoms with Gasteiger partial charge in [0.05, 0.1) is 11.4 Å². The first-order valence-corrected chi connectivity index (χ1v) is 10.3. The fourth-order valence-corrected chi connectivity index (χ4v) is 4.22. The molecule has 0 aliphatic heterocycles. The second kappa shape index (κ2) is 8.61. The highest BCUT2D eigenvalue weighted by atomic mass is 35.5. The maximum atomic E-state index is 12.1. The smallest absolute Gasteiger partial charge is 0.236 e. The summed E-state index contributed by atoms with van der Waals surface area (Å²) in [4.78, 5) is 12.1. The number of hydrogen-bond donors (Lipinski definition) is 1. The summed E-state index contributed by atoms with van der Waals surface area (Å²) in [5.74, 6) is 0.870. The Balaban J connectivity index is 1.59. The fourth-order valence-electron chi connectivity index (χ4n) is 1.74. The summed E-state index contributed by atoms with van der Waals surface area (Å²) >= 11 is 10.0. The van der Waals surface area contributed by atoms with E-state index in [9.17, 15) is 4.79 Å². The monoisotopic (exact) mass is 413 g/mol. The van der Waals surface area contributed by atoms with E-state index in [0.29, 0.717) is 15.3 Å². The Bertz CT molecular complexity index is 851. The van der Waals surface area contributed by atoms with Crippen molar-refractivity contribution in [3.05, 3.63) is 29.3 Å². The average molecular weight is 414 g/mol. The SMILES string of the molecule is CCSc1nnc(NC(=O)CSc2nnnn2-c2ccc(Cl)cc2)s1. The maximum absolute atomic E-state index is 12.1. The van der Waals surface area contributed by atoms with Crippen LogP contribution in [0.3, 0.4) is 0 Å². The normalized spacial score (nSPS) is 10.8. The molecule has 0 fully saturated rings. The Kier molecular flexibility index (Phi) is 6.24. The van der Waals surface area contributed by atoms with E-state index >= 15 is 0 Å². The van der Waals surface area contributed by atoms with Crippen LogP contribution in [0.5, 0.6) is 0 Å². The lowest BCUT2D eigenvalue weighted by Gasteiger charge is -2.04. The first-order valence-electron chi connectivity index (χ1n) is 7.09. The van der Waals surface area contributed by atoms with Crippen molar-refractivity contribution in [3.8, 4) is 5.69 Å². The molecule has 0 aliphatic carbocycles. The number of anilines is 1. The number of aromatic nitrogens is 6. The Morgan fingerprint density at radius 1 is 1.24 bits per heavy atom. The highest BCUT2D eigenvalue weighted by Crippen LogP contribution is 2.25. The molecule has 12 heteroatoms. The summed E-state index contributed by atoms with van der Waals surface area (Å²) in [5.41, 5.74) is 0.766. The van der Waals surface area contributed by atoms with Gasteiger partial charge >= 0.3 is 0 Å². The van der Waals surface area contributed by atoms with Gasteiger partial charge < -0.3 is 0 Å². The molecule has 3 aromatic rings. The Hall–Kier alpha value is -1.69. The number of carbonyl (C=O) groups excluding carboxylic acids is 1. The van der Waals surface area contributed by atoms with E-state index < -0.39 is 0 Å². The molecule has 0 bridgehead atoms. The van der Waals surface area contributed by atoms with Gasteiger partial charge in [0.1, 0.15) is 0 Å². The summed E-state index contributed by atoms with van der Waals surface area (Å²) < 4.78 is 2.38. The molecule has 0 atom stereocenters. The molecule has 2 aromatic heterocycles. The van der Waals surface area contributed by atoms with Gasteiger partial charge in [0.2, 0.25) is 16.2 Å². The van der Waals surface area contributed by atoms with Crippen LogP contribution < -0.4 is 5.32 Å². The van der Waals surface area contributed by atoms with Gasteiger partial charge in [-0.1, -0.05) is 53.4 Å². The average Bonchev–Trinajstić information content (AvgIpc) is 3.23. The van der Waals surface area contributed by atoms with E-state index in [1.807, 2.05) is 6.92 Å². The first-order chi connectivity index (χ1) is 12.2. The van der Waals surface area contributed by atoms with Crippen LogP contribution in [0.1, 0.15) is 6.92 Å². The van der Waals surface area contributed by atoms with Crippen LogP contribution in [0.25, 0.3) is 5.69 Å². The van der Waals surface area contributed by atoms with E-state index in [0.717, 1.165) is 15.8 Å². The van der Waals surface area contributed by atoms with Gasteiger partial charge in [-0.2, -0.15) is 4.68 Å². The molecule has 1 N–H and O–H groups in total. The van der Waals surface area contributed by atoms with Gasteiger partial charge in [-0.05, 0) is 40.4 Å². The number of thioether (sulfide) groups is 2. The van der Waals surface area contributed by atoms with Gasteiger partial charge in [0, 0.05) is 5.02 Å². The Labute approximate surface area is 160 Å². The maximum Gasteiger partial charge on any atom is 0.236 e. The predicted octanol–water partition coefficient (Wildman–Crippen LogP) is 3.01. The summed E-state index contributed by atoms with van der Waals surface area (Å²) in [6.45, 7) is 2.03. The number of carbonyl (C=O) groups is 1. The molecule has 1 aromatic carbocycles. The van der Waals surface area contributed by atoms with Gasteiger partial charge in [-0.3, -0.25) is 10.1 Å². The molecule has 3 rings (SSSR count). The van der Waals surface area contributed by atoms with Gasteiger partial charge in [0.25, 0.3) is 0 Å². The molecule has 0 saturated carbocycles. The van der Waals surface area contributed by atoms with Crippen LogP contribution in [-0.4, -0.2) is 47.8 Å². The number of benzene rings is 1. The molecule has 0 saturated heterocycles. The second-order valence-electron chi connectivity index (χ2n) is 4.49. The fraction of sp³-hybridized carbons (Fsp3) is 0.231. The molecule has 0 spiro atoms. The van der Waals surface area contributed by atoms with Crippen LogP contribution in [0.2, 0.25) is 5.02 Å². The van der Waals surface area contributed by atoms with Crippen LogP contribution >= 0.6 is 46.5 Å². The van der Waals surface area contributed by atoms with Crippen LogP contribution in [0.4, 0.5) is 5.13 Å². The zero-order chi connectivity index (χ0) is 17.6. The number of tetrazole rings is 1. The Morgan fingerprint density at radius 2 is 2.04 bits per heavy atom. The minimum absolute atomic E-state index is 0.157. The molecule has 8 nitrogen and oxygen atoms in total. The number of halogens is 1. The summed E-state index contributed by atoms with van der Waals surface area (Å²) in [7, 11) is 0. The van der Waals surface area contributed by atoms with E-state index in [1.54, 1.807) is 40.7 Å². The van der Waals surface area contributed by atoms with Crippen molar-refractivity contribution in [2.75, 3.05) is 16.8 Å². The third kappa shape index (κ3) is 4.91. The van der Waals surface area contributed by atoms with Crippen molar-refractivity contribution in [2.24, 2.45) is 0 Å². The molecule has 25 heavy (non-hydrogen) atoms. The summed E-state index contributed by atoms with van der Waals surface area (Å²) in [5, 5.41) is 23.8. The lowest BCUT2D eigenvalue weighted by atomic mass is 10.3. The van der Waals surface area contributed by atoms with Gasteiger partial charge in [-0.25, -0.2) is 0 Å². The number of rotatable bonds is 7. The van der Waals surface area contributed by atoms with Gasteiger partial charge in [0.15, 0.2) is 4.34 Å². The van der Waals surface area contributed by atoms with Crippen molar-refractivity contribution in [1.29, 1.82) is 0 Å². The topological polar surface area (TPSA) is 98.5 Å². The lowest BCUT2D eigenvalue weighted by molar-refractivity contribution is -0.113. The number of nitrogens with one attached hydrogen (secondary N) is 1. The molecular formula is C13H12ClN7OS3. The van der Waals surface area contributed by atoms with E-state index in [2.05, 4.69) is 31.0 Å². The first kappa shape index (κ1) is 18.1. The second-order valence-corrected chi connectivity index (χ2v) is 8.36. The standard InChI is InChI=1S/C13H12ClN7OS3/c1-2-23-13-18-16-11(25-13)15-10(22)7-24-12-17-19-20-21(12)9-5-3-8(14)4-6-9/h3-6H,2,7H2,1H3,(H,15,16,22). The van der Waals surface area contributed by atoms with Crippen LogP contribution in [0.15, 0.2) is 33.8 Å². The quantitative estimate of drug-likeness (QED) is 0.466. The van der Waals surface area contributed by atoms with Crippen molar-refractivity contribution in [3.63, 3.8) is 0 Å². The molecule has 2 heterocycles. The minimum atomic E-state index is -0.195. The molecule has 0 unspecified atom stereocenters. The van der Waals surface area contributed by atoms with Gasteiger partial charge in [-0.15, -0.1) is 15.3 Å². The highest BCUT2D eigenvalue weighted by molar-refractivity contribution is 8.01. The summed E-state index contributed by atoms with van der Waals surface area (Å²) in [6, 6.07) is 7.11. The molecule has 0 radical (unpaired) electrons. The summed E-state index contributed by atoms with van der Waals surface area (Å²) in [6.07, 6.45) is 0. The third-order valence-electron chi connectivity index (χ3n) is 2.77. The van der Waals surface area contributed by atoms with E-state index in [1.165, 1.54) is 23.1 Å².